The van der Waals surface area contributed by atoms with E-state index in [1.165, 1.54) is 0 Å². The van der Waals surface area contributed by atoms with E-state index < -0.39 is 6.10 Å². The zero-order chi connectivity index (χ0) is 18.5. The number of ether oxygens (including phenoxy) is 1. The number of carbonyl (C=O) groups is 1. The lowest BCUT2D eigenvalue weighted by Gasteiger charge is -2.22. The highest BCUT2D eigenvalue weighted by molar-refractivity contribution is 5.76. The first kappa shape index (κ1) is 18.4. The minimum absolute atomic E-state index is 0.0882. The average molecular weight is 358 g/mol. The van der Waals surface area contributed by atoms with Gasteiger partial charge in [0.2, 0.25) is 5.91 Å². The monoisotopic (exact) mass is 358 g/mol. The molecule has 1 N–H and O–H groups in total. The molecule has 0 spiro atoms. The molecule has 3 heterocycles. The molecule has 1 saturated heterocycles. The Balaban J connectivity index is 1.55. The first-order chi connectivity index (χ1) is 12.5. The third-order valence-electron chi connectivity index (χ3n) is 4.86. The van der Waals surface area contributed by atoms with Gasteiger partial charge in [0.05, 0.1) is 11.8 Å². The number of hydrogen-bond donors (Lipinski definition) is 1. The summed E-state index contributed by atoms with van der Waals surface area (Å²) in [6, 6.07) is 5.60. The Kier molecular flexibility index (Phi) is 5.88. The minimum atomic E-state index is -0.597. The van der Waals surface area contributed by atoms with Crippen LogP contribution in [-0.2, 0) is 11.3 Å². The Morgan fingerprint density at radius 3 is 2.81 bits per heavy atom. The Hall–Kier alpha value is -2.41. The van der Waals surface area contributed by atoms with Crippen LogP contribution in [0, 0.1) is 13.8 Å². The second-order valence-corrected chi connectivity index (χ2v) is 6.71. The maximum Gasteiger partial charge on any atom is 0.224 e. The summed E-state index contributed by atoms with van der Waals surface area (Å²) >= 11 is 0. The van der Waals surface area contributed by atoms with Gasteiger partial charge >= 0.3 is 0 Å². The van der Waals surface area contributed by atoms with Gasteiger partial charge in [0, 0.05) is 50.6 Å². The second-order valence-electron chi connectivity index (χ2n) is 6.71. The highest BCUT2D eigenvalue weighted by atomic mass is 16.5. The molecular formula is C19H26N4O3. The fourth-order valence-electron chi connectivity index (χ4n) is 3.20. The molecule has 0 bridgehead atoms. The molecule has 3 rings (SSSR count). The molecule has 1 aliphatic heterocycles. The molecule has 2 aromatic heterocycles. The quantitative estimate of drug-likeness (QED) is 0.880. The Bertz CT molecular complexity index is 746. The van der Waals surface area contributed by atoms with E-state index >= 15 is 0 Å². The Morgan fingerprint density at radius 2 is 2.08 bits per heavy atom. The van der Waals surface area contributed by atoms with E-state index in [4.69, 9.17) is 4.74 Å². The molecule has 2 aromatic rings. The Labute approximate surface area is 153 Å². The van der Waals surface area contributed by atoms with Gasteiger partial charge in [-0.2, -0.15) is 5.10 Å². The third-order valence-corrected chi connectivity index (χ3v) is 4.86. The van der Waals surface area contributed by atoms with Crippen molar-refractivity contribution < 1.29 is 14.6 Å². The number of aryl methyl sites for hydroxylation is 3. The van der Waals surface area contributed by atoms with Crippen molar-refractivity contribution in [2.75, 3.05) is 13.1 Å². The van der Waals surface area contributed by atoms with E-state index in [2.05, 4.69) is 10.1 Å². The first-order valence-electron chi connectivity index (χ1n) is 9.07. The van der Waals surface area contributed by atoms with Crippen LogP contribution in [0.3, 0.4) is 0 Å². The smallest absolute Gasteiger partial charge is 0.224 e. The first-order valence-corrected chi connectivity index (χ1v) is 9.07. The maximum absolute atomic E-state index is 12.5. The van der Waals surface area contributed by atoms with Crippen LogP contribution < -0.4 is 4.74 Å². The van der Waals surface area contributed by atoms with Crippen molar-refractivity contribution in [1.29, 1.82) is 0 Å². The topological polar surface area (TPSA) is 80.5 Å². The number of rotatable bonds is 5. The minimum Gasteiger partial charge on any atom is -0.486 e. The van der Waals surface area contributed by atoms with Crippen molar-refractivity contribution in [2.24, 2.45) is 0 Å². The van der Waals surface area contributed by atoms with E-state index in [0.29, 0.717) is 44.6 Å². The summed E-state index contributed by atoms with van der Waals surface area (Å²) in [7, 11) is 0. The molecule has 26 heavy (non-hydrogen) atoms. The van der Waals surface area contributed by atoms with Crippen LogP contribution in [0.25, 0.3) is 0 Å². The van der Waals surface area contributed by atoms with Gasteiger partial charge in [-0.15, -0.1) is 0 Å². The maximum atomic E-state index is 12.5. The molecule has 2 atom stereocenters. The molecule has 0 radical (unpaired) electrons. The molecule has 0 aromatic carbocycles. The van der Waals surface area contributed by atoms with Crippen LogP contribution in [0.4, 0.5) is 0 Å². The summed E-state index contributed by atoms with van der Waals surface area (Å²) in [6.45, 7) is 5.56. The number of aromatic nitrogens is 3. The van der Waals surface area contributed by atoms with Gasteiger partial charge in [-0.25, -0.2) is 0 Å². The van der Waals surface area contributed by atoms with E-state index in [-0.39, 0.29) is 12.0 Å². The lowest BCUT2D eigenvalue weighted by molar-refractivity contribution is -0.131. The number of carbonyl (C=O) groups excluding carboxylic acids is 1. The second kappa shape index (κ2) is 8.31. The van der Waals surface area contributed by atoms with E-state index in [9.17, 15) is 9.90 Å². The molecule has 7 nitrogen and oxygen atoms in total. The normalized spacial score (nSPS) is 20.7. The van der Waals surface area contributed by atoms with Crippen LogP contribution in [0.2, 0.25) is 0 Å². The standard InChI is InChI=1S/C19H26N4O3/c1-14-5-10-21-23(14)13-8-19(25)22-11-6-16(24)18(7-12-22)26-17-4-3-9-20-15(17)2/h3-5,9-10,16,18,24H,6-8,11-13H2,1-2H3/t16-,18-/m0/s1. The largest absolute Gasteiger partial charge is 0.486 e. The number of likely N-dealkylation sites (tertiary alicyclic amines) is 1. The van der Waals surface area contributed by atoms with Gasteiger partial charge in [0.15, 0.2) is 0 Å². The van der Waals surface area contributed by atoms with Gasteiger partial charge in [-0.3, -0.25) is 14.5 Å². The van der Waals surface area contributed by atoms with Crippen molar-refractivity contribution >= 4 is 5.91 Å². The van der Waals surface area contributed by atoms with E-state index in [1.807, 2.05) is 41.6 Å². The summed E-state index contributed by atoms with van der Waals surface area (Å²) in [5.74, 6) is 0.774. The number of amides is 1. The van der Waals surface area contributed by atoms with E-state index in [0.717, 1.165) is 11.4 Å². The average Bonchev–Trinajstić information content (AvgIpc) is 2.95. The Morgan fingerprint density at radius 1 is 1.27 bits per heavy atom. The van der Waals surface area contributed by atoms with Gasteiger partial charge in [0.25, 0.3) is 0 Å². The predicted molar refractivity (Wildman–Crippen MR) is 96.8 cm³/mol. The predicted octanol–water partition coefficient (Wildman–Crippen LogP) is 1.72. The third kappa shape index (κ3) is 4.40. The zero-order valence-electron chi connectivity index (χ0n) is 15.3. The van der Waals surface area contributed by atoms with Gasteiger partial charge in [0.1, 0.15) is 11.9 Å². The summed E-state index contributed by atoms with van der Waals surface area (Å²) in [6.07, 6.45) is 4.05. The van der Waals surface area contributed by atoms with Crippen molar-refractivity contribution in [2.45, 2.75) is 51.9 Å². The summed E-state index contributed by atoms with van der Waals surface area (Å²) in [5, 5.41) is 14.6. The summed E-state index contributed by atoms with van der Waals surface area (Å²) < 4.78 is 7.81. The van der Waals surface area contributed by atoms with Gasteiger partial charge in [-0.1, -0.05) is 0 Å². The molecule has 1 fully saturated rings. The number of nitrogens with zero attached hydrogens (tertiary/aromatic N) is 4. The van der Waals surface area contributed by atoms with Crippen molar-refractivity contribution in [3.8, 4) is 5.75 Å². The van der Waals surface area contributed by atoms with Crippen molar-refractivity contribution in [3.63, 3.8) is 0 Å². The van der Waals surface area contributed by atoms with E-state index in [1.54, 1.807) is 12.4 Å². The number of hydrogen-bond acceptors (Lipinski definition) is 5. The molecule has 1 aliphatic rings. The molecule has 0 aliphatic carbocycles. The molecule has 140 valence electrons. The SMILES string of the molecule is Cc1ncccc1O[C@H]1CCN(C(=O)CCn2nccc2C)CC[C@@H]1O. The zero-order valence-corrected chi connectivity index (χ0v) is 15.3. The van der Waals surface area contributed by atoms with Crippen LogP contribution >= 0.6 is 0 Å². The number of pyridine rings is 1. The highest BCUT2D eigenvalue weighted by Crippen LogP contribution is 2.22. The van der Waals surface area contributed by atoms with Crippen LogP contribution in [0.1, 0.15) is 30.7 Å². The summed E-state index contributed by atoms with van der Waals surface area (Å²) in [4.78, 5) is 18.6. The molecule has 7 heteroatoms. The highest BCUT2D eigenvalue weighted by Gasteiger charge is 2.28. The molecule has 0 unspecified atom stereocenters. The summed E-state index contributed by atoms with van der Waals surface area (Å²) in [5.41, 5.74) is 1.84. The number of aliphatic hydroxyl groups excluding tert-OH is 1. The molecular weight excluding hydrogens is 332 g/mol. The number of aliphatic hydroxyl groups is 1. The fourth-order valence-corrected chi connectivity index (χ4v) is 3.20. The molecule has 1 amide bonds. The molecule has 0 saturated carbocycles. The lowest BCUT2D eigenvalue weighted by atomic mass is 10.1. The van der Waals surface area contributed by atoms with Crippen LogP contribution in [0.15, 0.2) is 30.6 Å². The van der Waals surface area contributed by atoms with Crippen LogP contribution in [-0.4, -0.2) is 56.0 Å². The van der Waals surface area contributed by atoms with Crippen molar-refractivity contribution in [1.82, 2.24) is 19.7 Å². The lowest BCUT2D eigenvalue weighted by Crippen LogP contribution is -2.33. The van der Waals surface area contributed by atoms with Gasteiger partial charge in [-0.05, 0) is 38.5 Å². The fraction of sp³-hybridized carbons (Fsp3) is 0.526. The van der Waals surface area contributed by atoms with Crippen molar-refractivity contribution in [3.05, 3.63) is 42.0 Å². The van der Waals surface area contributed by atoms with Crippen LogP contribution in [0.5, 0.6) is 5.75 Å². The van der Waals surface area contributed by atoms with Gasteiger partial charge < -0.3 is 14.7 Å².